The summed E-state index contributed by atoms with van der Waals surface area (Å²) in [5, 5.41) is 2.66. The summed E-state index contributed by atoms with van der Waals surface area (Å²) in [6, 6.07) is 2.59. The Morgan fingerprint density at radius 1 is 1.40 bits per heavy atom. The van der Waals surface area contributed by atoms with E-state index in [-0.39, 0.29) is 35.7 Å². The second kappa shape index (κ2) is 4.44. The molecule has 0 bridgehead atoms. The van der Waals surface area contributed by atoms with Crippen LogP contribution in [0, 0.1) is 12.7 Å². The van der Waals surface area contributed by atoms with Crippen molar-refractivity contribution in [2.24, 2.45) is 0 Å². The first-order valence-electron chi connectivity index (χ1n) is 6.43. The molecule has 0 aromatic heterocycles. The third kappa shape index (κ3) is 2.26. The number of hydrogen-bond donors (Lipinski definition) is 1. The topological polar surface area (TPSA) is 66.5 Å². The molecule has 2 aliphatic rings. The van der Waals surface area contributed by atoms with Crippen LogP contribution in [0.4, 0.5) is 15.8 Å². The van der Waals surface area contributed by atoms with Crippen LogP contribution in [0.5, 0.6) is 0 Å². The number of carbonyl (C=O) groups excluding carboxylic acids is 1. The molecular formula is C13H15FN2O3S. The highest BCUT2D eigenvalue weighted by molar-refractivity contribution is 7.91. The third-order valence-corrected chi connectivity index (χ3v) is 5.51. The van der Waals surface area contributed by atoms with Crippen molar-refractivity contribution in [2.75, 3.05) is 28.3 Å². The number of anilines is 2. The van der Waals surface area contributed by atoms with Gasteiger partial charge in [-0.05, 0) is 24.6 Å². The number of carbonyl (C=O) groups is 1. The standard InChI is InChI=1S/C13H15FN2O3S/c1-8-4-12-11(6-10(8)14)15-13(17)5-9-7-20(18,19)3-2-16(9)12/h4,6,9H,2-3,5,7H2,1H3,(H,15,17). The Morgan fingerprint density at radius 3 is 2.90 bits per heavy atom. The minimum absolute atomic E-state index is 0.0315. The first-order chi connectivity index (χ1) is 9.35. The van der Waals surface area contributed by atoms with Gasteiger partial charge in [-0.25, -0.2) is 12.8 Å². The Labute approximate surface area is 116 Å². The van der Waals surface area contributed by atoms with Crippen molar-refractivity contribution < 1.29 is 17.6 Å². The summed E-state index contributed by atoms with van der Waals surface area (Å²) in [5.74, 6) is -0.629. The zero-order valence-electron chi connectivity index (χ0n) is 11.0. The molecule has 1 aromatic carbocycles. The number of benzene rings is 1. The largest absolute Gasteiger partial charge is 0.364 e. The summed E-state index contributed by atoms with van der Waals surface area (Å²) in [6.45, 7) is 1.98. The maximum absolute atomic E-state index is 13.6. The number of amides is 1. The molecule has 2 heterocycles. The van der Waals surface area contributed by atoms with E-state index < -0.39 is 9.84 Å². The Morgan fingerprint density at radius 2 is 2.15 bits per heavy atom. The molecule has 1 amide bonds. The number of sulfone groups is 1. The molecule has 5 nitrogen and oxygen atoms in total. The van der Waals surface area contributed by atoms with Crippen LogP contribution in [0.25, 0.3) is 0 Å². The van der Waals surface area contributed by atoms with Crippen LogP contribution in [0.3, 0.4) is 0 Å². The fraction of sp³-hybridized carbons (Fsp3) is 0.462. The van der Waals surface area contributed by atoms with E-state index in [9.17, 15) is 17.6 Å². The quantitative estimate of drug-likeness (QED) is 0.778. The lowest BCUT2D eigenvalue weighted by molar-refractivity contribution is -0.116. The number of aryl methyl sites for hydroxylation is 1. The molecule has 1 unspecified atom stereocenters. The van der Waals surface area contributed by atoms with Crippen molar-refractivity contribution in [1.82, 2.24) is 0 Å². The predicted molar refractivity (Wildman–Crippen MR) is 74.2 cm³/mol. The summed E-state index contributed by atoms with van der Waals surface area (Å²) in [7, 11) is -3.11. The lowest BCUT2D eigenvalue weighted by Crippen LogP contribution is -2.48. The molecule has 20 heavy (non-hydrogen) atoms. The van der Waals surface area contributed by atoms with Crippen molar-refractivity contribution in [1.29, 1.82) is 0 Å². The summed E-state index contributed by atoms with van der Waals surface area (Å²) in [4.78, 5) is 13.8. The number of nitrogens with zero attached hydrogens (tertiary/aromatic N) is 1. The minimum atomic E-state index is -3.11. The molecule has 0 radical (unpaired) electrons. The van der Waals surface area contributed by atoms with Gasteiger partial charge in [0.05, 0.1) is 28.9 Å². The van der Waals surface area contributed by atoms with Gasteiger partial charge in [0.1, 0.15) is 5.82 Å². The van der Waals surface area contributed by atoms with E-state index in [1.165, 1.54) is 6.07 Å². The van der Waals surface area contributed by atoms with Crippen molar-refractivity contribution in [3.8, 4) is 0 Å². The molecule has 2 aliphatic heterocycles. The maximum atomic E-state index is 13.6. The molecule has 0 saturated carbocycles. The lowest BCUT2D eigenvalue weighted by Gasteiger charge is -2.36. The third-order valence-electron chi connectivity index (χ3n) is 3.81. The number of rotatable bonds is 0. The van der Waals surface area contributed by atoms with Crippen LogP contribution in [0.15, 0.2) is 12.1 Å². The fourth-order valence-electron chi connectivity index (χ4n) is 2.79. The first-order valence-corrected chi connectivity index (χ1v) is 8.25. The molecule has 1 fully saturated rings. The molecule has 1 N–H and O–H groups in total. The van der Waals surface area contributed by atoms with Gasteiger partial charge in [0.25, 0.3) is 0 Å². The maximum Gasteiger partial charge on any atom is 0.226 e. The van der Waals surface area contributed by atoms with Crippen LogP contribution in [-0.4, -0.2) is 38.4 Å². The van der Waals surface area contributed by atoms with Gasteiger partial charge in [-0.1, -0.05) is 0 Å². The van der Waals surface area contributed by atoms with Gasteiger partial charge in [0, 0.05) is 13.0 Å². The van der Waals surface area contributed by atoms with Gasteiger partial charge in [-0.3, -0.25) is 4.79 Å². The zero-order valence-corrected chi connectivity index (χ0v) is 11.8. The zero-order chi connectivity index (χ0) is 14.5. The number of nitrogens with one attached hydrogen (secondary N) is 1. The average Bonchev–Trinajstić information content (AvgIpc) is 2.44. The normalized spacial score (nSPS) is 24.4. The van der Waals surface area contributed by atoms with E-state index in [1.54, 1.807) is 13.0 Å². The highest BCUT2D eigenvalue weighted by Gasteiger charge is 2.36. The second-order valence-electron chi connectivity index (χ2n) is 5.33. The Hall–Kier alpha value is -1.63. The van der Waals surface area contributed by atoms with Crippen LogP contribution in [0.2, 0.25) is 0 Å². The highest BCUT2D eigenvalue weighted by Crippen LogP contribution is 2.35. The summed E-state index contributed by atoms with van der Waals surface area (Å²) in [5.41, 5.74) is 1.60. The van der Waals surface area contributed by atoms with Crippen LogP contribution >= 0.6 is 0 Å². The fourth-order valence-corrected chi connectivity index (χ4v) is 4.32. The molecule has 0 spiro atoms. The van der Waals surface area contributed by atoms with Gasteiger partial charge in [-0.15, -0.1) is 0 Å². The van der Waals surface area contributed by atoms with E-state index in [0.29, 0.717) is 23.5 Å². The summed E-state index contributed by atoms with van der Waals surface area (Å²) < 4.78 is 37.1. The minimum Gasteiger partial charge on any atom is -0.364 e. The van der Waals surface area contributed by atoms with E-state index in [4.69, 9.17) is 0 Å². The Kier molecular flexibility index (Phi) is 2.97. The van der Waals surface area contributed by atoms with E-state index in [2.05, 4.69) is 5.32 Å². The molecule has 1 saturated heterocycles. The van der Waals surface area contributed by atoms with Crippen LogP contribution < -0.4 is 10.2 Å². The van der Waals surface area contributed by atoms with E-state index >= 15 is 0 Å². The number of halogens is 1. The Balaban J connectivity index is 2.10. The van der Waals surface area contributed by atoms with E-state index in [0.717, 1.165) is 0 Å². The average molecular weight is 298 g/mol. The van der Waals surface area contributed by atoms with Gasteiger partial charge in [0.15, 0.2) is 9.84 Å². The van der Waals surface area contributed by atoms with Crippen LogP contribution in [0.1, 0.15) is 12.0 Å². The molecule has 7 heteroatoms. The van der Waals surface area contributed by atoms with Crippen LogP contribution in [-0.2, 0) is 14.6 Å². The highest BCUT2D eigenvalue weighted by atomic mass is 32.2. The van der Waals surface area contributed by atoms with Crippen molar-refractivity contribution >= 4 is 27.1 Å². The van der Waals surface area contributed by atoms with Crippen molar-refractivity contribution in [3.63, 3.8) is 0 Å². The smallest absolute Gasteiger partial charge is 0.226 e. The Bertz CT molecular complexity index is 687. The monoisotopic (exact) mass is 298 g/mol. The molecule has 1 aromatic rings. The summed E-state index contributed by atoms with van der Waals surface area (Å²) in [6.07, 6.45) is 0.106. The van der Waals surface area contributed by atoms with Crippen molar-refractivity contribution in [2.45, 2.75) is 19.4 Å². The molecule has 0 aliphatic carbocycles. The van der Waals surface area contributed by atoms with Gasteiger partial charge in [-0.2, -0.15) is 0 Å². The molecule has 108 valence electrons. The number of fused-ring (bicyclic) bond motifs is 3. The predicted octanol–water partition coefficient (Wildman–Crippen LogP) is 1.08. The van der Waals surface area contributed by atoms with E-state index in [1.807, 2.05) is 4.90 Å². The van der Waals surface area contributed by atoms with Gasteiger partial charge in [0.2, 0.25) is 5.91 Å². The lowest BCUT2D eigenvalue weighted by atomic mass is 10.1. The molecule has 3 rings (SSSR count). The molecule has 1 atom stereocenters. The second-order valence-corrected chi connectivity index (χ2v) is 7.56. The SMILES string of the molecule is Cc1cc2c(cc1F)NC(=O)CC1CS(=O)(=O)CCN21. The van der Waals surface area contributed by atoms with Crippen molar-refractivity contribution in [3.05, 3.63) is 23.5 Å². The number of hydrogen-bond acceptors (Lipinski definition) is 4. The first kappa shape index (κ1) is 13.4. The summed E-state index contributed by atoms with van der Waals surface area (Å²) >= 11 is 0. The van der Waals surface area contributed by atoms with Gasteiger partial charge >= 0.3 is 0 Å². The van der Waals surface area contributed by atoms with Gasteiger partial charge < -0.3 is 10.2 Å². The molecular weight excluding hydrogens is 283 g/mol.